The van der Waals surface area contributed by atoms with E-state index in [1.807, 2.05) is 6.07 Å². The highest BCUT2D eigenvalue weighted by atomic mass is 16.6. The maximum absolute atomic E-state index is 12.7. The molecule has 1 unspecified atom stereocenters. The molecule has 2 aliphatic carbocycles. The largest absolute Gasteiger partial charge is 0.472 e. The third-order valence-corrected chi connectivity index (χ3v) is 6.05. The van der Waals surface area contributed by atoms with E-state index in [9.17, 15) is 9.59 Å². The van der Waals surface area contributed by atoms with Crippen LogP contribution >= 0.6 is 0 Å². The Morgan fingerprint density at radius 3 is 2.95 bits per heavy atom. The summed E-state index contributed by atoms with van der Waals surface area (Å²) in [6.45, 7) is 2.12. The van der Waals surface area contributed by atoms with E-state index in [1.54, 1.807) is 12.5 Å². The molecule has 3 aliphatic rings. The normalized spacial score (nSPS) is 42.3. The molecule has 0 bridgehead atoms. The zero-order valence-corrected chi connectivity index (χ0v) is 12.2. The topological polar surface area (TPSA) is 56.5 Å². The summed E-state index contributed by atoms with van der Waals surface area (Å²) in [6.07, 6.45) is 7.17. The lowest BCUT2D eigenvalue weighted by Crippen LogP contribution is -2.39. The summed E-state index contributed by atoms with van der Waals surface area (Å²) in [6, 6.07) is 1.86. The van der Waals surface area contributed by atoms with Crippen LogP contribution in [0.3, 0.4) is 0 Å². The number of esters is 1. The van der Waals surface area contributed by atoms with Crippen molar-refractivity contribution in [1.29, 1.82) is 0 Å². The first-order valence-corrected chi connectivity index (χ1v) is 7.89. The second-order valence-electron chi connectivity index (χ2n) is 6.90. The maximum Gasteiger partial charge on any atom is 0.313 e. The van der Waals surface area contributed by atoms with Gasteiger partial charge in [0.1, 0.15) is 11.9 Å². The molecule has 4 rings (SSSR count). The van der Waals surface area contributed by atoms with Crippen molar-refractivity contribution in [3.8, 4) is 0 Å². The molecule has 2 saturated carbocycles. The van der Waals surface area contributed by atoms with Crippen LogP contribution in [-0.2, 0) is 14.3 Å². The average molecular weight is 288 g/mol. The number of rotatable bonds is 1. The second-order valence-corrected chi connectivity index (χ2v) is 6.90. The van der Waals surface area contributed by atoms with Crippen LogP contribution < -0.4 is 0 Å². The van der Waals surface area contributed by atoms with Crippen molar-refractivity contribution in [2.24, 2.45) is 23.2 Å². The number of hydrogen-bond acceptors (Lipinski definition) is 4. The summed E-state index contributed by atoms with van der Waals surface area (Å²) in [7, 11) is 0. The van der Waals surface area contributed by atoms with Crippen molar-refractivity contribution in [3.05, 3.63) is 24.2 Å². The maximum atomic E-state index is 12.7. The van der Waals surface area contributed by atoms with Gasteiger partial charge in [0.2, 0.25) is 0 Å². The van der Waals surface area contributed by atoms with E-state index in [4.69, 9.17) is 9.15 Å². The first-order chi connectivity index (χ1) is 10.1. The van der Waals surface area contributed by atoms with Gasteiger partial charge in [-0.2, -0.15) is 0 Å². The van der Waals surface area contributed by atoms with Crippen molar-refractivity contribution in [3.63, 3.8) is 0 Å². The van der Waals surface area contributed by atoms with E-state index in [1.165, 1.54) is 0 Å². The lowest BCUT2D eigenvalue weighted by Gasteiger charge is -2.34. The van der Waals surface area contributed by atoms with E-state index in [0.29, 0.717) is 18.6 Å². The Morgan fingerprint density at radius 1 is 1.33 bits per heavy atom. The van der Waals surface area contributed by atoms with Gasteiger partial charge in [0, 0.05) is 24.3 Å². The molecule has 1 aliphatic heterocycles. The minimum atomic E-state index is -0.456. The molecule has 5 atom stereocenters. The highest BCUT2D eigenvalue weighted by Gasteiger charge is 2.64. The van der Waals surface area contributed by atoms with E-state index < -0.39 is 5.41 Å². The van der Waals surface area contributed by atoms with Crippen LogP contribution in [0.4, 0.5) is 0 Å². The Kier molecular flexibility index (Phi) is 2.78. The van der Waals surface area contributed by atoms with Gasteiger partial charge in [0.25, 0.3) is 0 Å². The molecule has 0 radical (unpaired) electrons. The van der Waals surface area contributed by atoms with Crippen molar-refractivity contribution < 1.29 is 18.7 Å². The van der Waals surface area contributed by atoms with Crippen LogP contribution in [0.1, 0.15) is 50.7 Å². The second kappa shape index (κ2) is 4.46. The first-order valence-electron chi connectivity index (χ1n) is 7.89. The predicted molar refractivity (Wildman–Crippen MR) is 74.2 cm³/mol. The fraction of sp³-hybridized carbons (Fsp3) is 0.647. The van der Waals surface area contributed by atoms with Gasteiger partial charge in [0.05, 0.1) is 17.9 Å². The van der Waals surface area contributed by atoms with E-state index in [2.05, 4.69) is 6.92 Å². The third kappa shape index (κ3) is 1.68. The standard InChI is InChI=1S/C17H20O4/c1-10-7-12-13(3-2-4-14(12)18)17(10)8-15(21-16(17)19)11-5-6-20-9-11/h5-6,9-10,12-13,15H,2-4,7-8H2,1H3/t10-,12-,13?,15-,17-/m1/s1. The van der Waals surface area contributed by atoms with Crippen molar-refractivity contribution in [2.45, 2.75) is 45.1 Å². The summed E-state index contributed by atoms with van der Waals surface area (Å²) >= 11 is 0. The predicted octanol–water partition coefficient (Wildman–Crippen LogP) is 3.28. The lowest BCUT2D eigenvalue weighted by atomic mass is 9.65. The fourth-order valence-electron chi connectivity index (χ4n) is 5.00. The summed E-state index contributed by atoms with van der Waals surface area (Å²) in [4.78, 5) is 24.9. The van der Waals surface area contributed by atoms with Gasteiger partial charge in [-0.15, -0.1) is 0 Å². The molecule has 21 heavy (non-hydrogen) atoms. The number of fused-ring (bicyclic) bond motifs is 2. The van der Waals surface area contributed by atoms with Gasteiger partial charge in [-0.3, -0.25) is 9.59 Å². The fourth-order valence-corrected chi connectivity index (χ4v) is 5.00. The minimum absolute atomic E-state index is 0.0735. The van der Waals surface area contributed by atoms with Gasteiger partial charge < -0.3 is 9.15 Å². The quantitative estimate of drug-likeness (QED) is 0.744. The van der Waals surface area contributed by atoms with Crippen LogP contribution in [0.15, 0.2) is 23.0 Å². The molecule has 112 valence electrons. The van der Waals surface area contributed by atoms with Crippen molar-refractivity contribution >= 4 is 11.8 Å². The number of furan rings is 1. The third-order valence-electron chi connectivity index (χ3n) is 6.05. The molecule has 4 heteroatoms. The molecule has 3 fully saturated rings. The SMILES string of the molecule is C[C@@H]1C[C@H]2C(=O)CCCC2[C@@]12C[C@H](c1ccoc1)OC2=O. The molecular weight excluding hydrogens is 268 g/mol. The number of hydrogen-bond donors (Lipinski definition) is 0. The van der Waals surface area contributed by atoms with Gasteiger partial charge >= 0.3 is 5.97 Å². The molecular formula is C17H20O4. The highest BCUT2D eigenvalue weighted by Crippen LogP contribution is 2.62. The zero-order valence-electron chi connectivity index (χ0n) is 12.2. The van der Waals surface area contributed by atoms with Gasteiger partial charge in [-0.05, 0) is 37.2 Å². The summed E-state index contributed by atoms with van der Waals surface area (Å²) in [5.74, 6) is 0.736. The molecule has 1 aromatic rings. The lowest BCUT2D eigenvalue weighted by molar-refractivity contribution is -0.153. The van der Waals surface area contributed by atoms with Crippen molar-refractivity contribution in [1.82, 2.24) is 0 Å². The number of carbonyl (C=O) groups excluding carboxylic acids is 2. The van der Waals surface area contributed by atoms with Crippen LogP contribution in [-0.4, -0.2) is 11.8 Å². The number of carbonyl (C=O) groups is 2. The molecule has 0 aromatic carbocycles. The summed E-state index contributed by atoms with van der Waals surface area (Å²) < 4.78 is 10.8. The smallest absolute Gasteiger partial charge is 0.313 e. The summed E-state index contributed by atoms with van der Waals surface area (Å²) in [5, 5.41) is 0. The van der Waals surface area contributed by atoms with E-state index in [-0.39, 0.29) is 29.8 Å². The van der Waals surface area contributed by atoms with Crippen molar-refractivity contribution in [2.75, 3.05) is 0 Å². The number of cyclic esters (lactones) is 1. The zero-order chi connectivity index (χ0) is 14.6. The monoisotopic (exact) mass is 288 g/mol. The molecule has 0 N–H and O–H groups in total. The molecule has 1 aromatic heterocycles. The van der Waals surface area contributed by atoms with Crippen LogP contribution in [0.2, 0.25) is 0 Å². The molecule has 1 saturated heterocycles. The van der Waals surface area contributed by atoms with Gasteiger partial charge in [-0.1, -0.05) is 6.92 Å². The Hall–Kier alpha value is -1.58. The minimum Gasteiger partial charge on any atom is -0.472 e. The van der Waals surface area contributed by atoms with E-state index >= 15 is 0 Å². The highest BCUT2D eigenvalue weighted by molar-refractivity contribution is 5.87. The van der Waals surface area contributed by atoms with Crippen LogP contribution in [0, 0.1) is 23.2 Å². The number of ketones is 1. The van der Waals surface area contributed by atoms with Crippen LogP contribution in [0.25, 0.3) is 0 Å². The average Bonchev–Trinajstić information content (AvgIpc) is 3.14. The molecule has 4 nitrogen and oxygen atoms in total. The molecule has 1 spiro atoms. The van der Waals surface area contributed by atoms with Gasteiger partial charge in [0.15, 0.2) is 0 Å². The Morgan fingerprint density at radius 2 is 2.19 bits per heavy atom. The van der Waals surface area contributed by atoms with Gasteiger partial charge in [-0.25, -0.2) is 0 Å². The molecule has 0 amide bonds. The Labute approximate surface area is 123 Å². The Bertz CT molecular complexity index is 576. The Balaban J connectivity index is 1.69. The summed E-state index contributed by atoms with van der Waals surface area (Å²) in [5.41, 5.74) is 0.473. The first kappa shape index (κ1) is 13.1. The number of ether oxygens (including phenoxy) is 1. The number of Topliss-reactive ketones (excluding diaryl/α,β-unsaturated/α-hetero) is 1. The molecule has 2 heterocycles. The van der Waals surface area contributed by atoms with Crippen LogP contribution in [0.5, 0.6) is 0 Å². The van der Waals surface area contributed by atoms with E-state index in [0.717, 1.165) is 24.8 Å².